The number of H-pyrrole nitrogens is 1. The lowest BCUT2D eigenvalue weighted by Crippen LogP contribution is -2.55. The average molecular weight is 477 g/mol. The zero-order valence-corrected chi connectivity index (χ0v) is 20.7. The summed E-state index contributed by atoms with van der Waals surface area (Å²) in [6, 6.07) is 16.6. The fraction of sp³-hybridized carbons (Fsp3) is 0.464. The van der Waals surface area contributed by atoms with Gasteiger partial charge in [-0.25, -0.2) is 4.79 Å². The number of carbonyl (C=O) groups is 1. The van der Waals surface area contributed by atoms with E-state index in [1.165, 1.54) is 16.5 Å². The Hall–Kier alpha value is -3.03. The number of aromatic amines is 1. The van der Waals surface area contributed by atoms with Crippen molar-refractivity contribution in [3.63, 3.8) is 0 Å². The van der Waals surface area contributed by atoms with Crippen molar-refractivity contribution in [2.45, 2.75) is 44.2 Å². The third-order valence-corrected chi connectivity index (χ3v) is 7.78. The summed E-state index contributed by atoms with van der Waals surface area (Å²) in [5.41, 5.74) is 4.59. The van der Waals surface area contributed by atoms with E-state index in [2.05, 4.69) is 52.5 Å². The number of amides is 2. The average Bonchev–Trinajstić information content (AvgIpc) is 3.28. The van der Waals surface area contributed by atoms with Gasteiger partial charge in [0.2, 0.25) is 0 Å². The van der Waals surface area contributed by atoms with Gasteiger partial charge in [-0.1, -0.05) is 37.3 Å². The first kappa shape index (κ1) is 23.7. The molecule has 1 aromatic heterocycles. The number of likely N-dealkylation sites (tertiary alicyclic amines) is 1. The van der Waals surface area contributed by atoms with Crippen molar-refractivity contribution in [3.05, 3.63) is 65.4 Å². The Morgan fingerprint density at radius 3 is 2.66 bits per heavy atom. The fourth-order valence-corrected chi connectivity index (χ4v) is 5.99. The summed E-state index contributed by atoms with van der Waals surface area (Å²) in [6.07, 6.45) is 2.71. The van der Waals surface area contributed by atoms with Gasteiger partial charge in [0.15, 0.2) is 0 Å². The normalized spacial score (nSPS) is 19.6. The first-order chi connectivity index (χ1) is 17.1. The lowest BCUT2D eigenvalue weighted by Gasteiger charge is -2.50. The van der Waals surface area contributed by atoms with E-state index < -0.39 is 0 Å². The maximum absolute atomic E-state index is 12.7. The van der Waals surface area contributed by atoms with Crippen LogP contribution in [0.2, 0.25) is 0 Å². The Morgan fingerprint density at radius 2 is 1.97 bits per heavy atom. The number of piperidine rings is 1. The Kier molecular flexibility index (Phi) is 6.71. The first-order valence-corrected chi connectivity index (χ1v) is 12.7. The van der Waals surface area contributed by atoms with Gasteiger partial charge in [-0.3, -0.25) is 4.90 Å². The largest absolute Gasteiger partial charge is 0.497 e. The Balaban J connectivity index is 1.54. The molecular weight excluding hydrogens is 440 g/mol. The number of hydrogen-bond acceptors (Lipinski definition) is 4. The van der Waals surface area contributed by atoms with Crippen molar-refractivity contribution < 1.29 is 14.6 Å². The van der Waals surface area contributed by atoms with Crippen LogP contribution >= 0.6 is 0 Å². The summed E-state index contributed by atoms with van der Waals surface area (Å²) in [6.45, 7) is 5.89. The molecule has 7 heteroatoms. The first-order valence-electron chi connectivity index (χ1n) is 12.7. The molecule has 1 atom stereocenters. The Bertz CT molecular complexity index is 1170. The van der Waals surface area contributed by atoms with E-state index >= 15 is 0 Å². The highest BCUT2D eigenvalue weighted by Crippen LogP contribution is 2.49. The van der Waals surface area contributed by atoms with Gasteiger partial charge in [0.05, 0.1) is 19.8 Å². The lowest BCUT2D eigenvalue weighted by molar-refractivity contribution is 0.0486. The zero-order valence-electron chi connectivity index (χ0n) is 20.7. The molecule has 1 saturated heterocycles. The van der Waals surface area contributed by atoms with Crippen LogP contribution in [-0.2, 0) is 12.0 Å². The zero-order chi connectivity index (χ0) is 24.4. The molecule has 186 valence electrons. The SMILES string of the molecule is CCCNC(=O)N1CCC2(CC1)CN(Cc1ccccc1)[C@H](CO)c1[nH]c3cc(OC)ccc3c12. The van der Waals surface area contributed by atoms with Crippen molar-refractivity contribution in [2.75, 3.05) is 39.9 Å². The predicted molar refractivity (Wildman–Crippen MR) is 138 cm³/mol. The van der Waals surface area contributed by atoms with E-state index in [0.29, 0.717) is 6.54 Å². The number of methoxy groups -OCH3 is 1. The second kappa shape index (κ2) is 9.91. The minimum atomic E-state index is -0.111. The molecule has 5 rings (SSSR count). The molecule has 0 radical (unpaired) electrons. The van der Waals surface area contributed by atoms with Crippen LogP contribution < -0.4 is 10.1 Å². The van der Waals surface area contributed by atoms with Gasteiger partial charge >= 0.3 is 6.03 Å². The van der Waals surface area contributed by atoms with E-state index in [0.717, 1.165) is 62.4 Å². The summed E-state index contributed by atoms with van der Waals surface area (Å²) in [4.78, 5) is 20.7. The van der Waals surface area contributed by atoms with Gasteiger partial charge < -0.3 is 25.0 Å². The number of aliphatic hydroxyl groups excluding tert-OH is 1. The molecular formula is C28H36N4O3. The van der Waals surface area contributed by atoms with Gasteiger partial charge in [0, 0.05) is 60.8 Å². The number of hydrogen-bond donors (Lipinski definition) is 3. The quantitative estimate of drug-likeness (QED) is 0.499. The molecule has 35 heavy (non-hydrogen) atoms. The standard InChI is InChI=1S/C28H36N4O3/c1-3-13-29-27(34)31-14-11-28(12-15-31)19-32(17-20-7-5-4-6-8-20)24(18-33)26-25(28)22-10-9-21(35-2)16-23(22)30-26/h4-10,16,24,30,33H,3,11-15,17-19H2,1-2H3,(H,29,34)/t24-/m1/s1. The van der Waals surface area contributed by atoms with E-state index in [1.807, 2.05) is 23.1 Å². The van der Waals surface area contributed by atoms with Crippen LogP contribution in [0.1, 0.15) is 49.0 Å². The number of urea groups is 1. The number of benzene rings is 2. The molecule has 2 aliphatic rings. The highest BCUT2D eigenvalue weighted by atomic mass is 16.5. The number of fused-ring (bicyclic) bond motifs is 4. The topological polar surface area (TPSA) is 80.8 Å². The summed E-state index contributed by atoms with van der Waals surface area (Å²) in [5.74, 6) is 0.814. The maximum atomic E-state index is 12.7. The van der Waals surface area contributed by atoms with Gasteiger partial charge in [0.25, 0.3) is 0 Å². The predicted octanol–water partition coefficient (Wildman–Crippen LogP) is 4.18. The Labute approximate surface area is 207 Å². The number of rotatable bonds is 6. The molecule has 2 amide bonds. The minimum absolute atomic E-state index is 0.0378. The molecule has 2 aromatic carbocycles. The van der Waals surface area contributed by atoms with Crippen molar-refractivity contribution in [1.29, 1.82) is 0 Å². The highest BCUT2D eigenvalue weighted by molar-refractivity contribution is 5.88. The highest BCUT2D eigenvalue weighted by Gasteiger charge is 2.47. The number of aromatic nitrogens is 1. The molecule has 0 bridgehead atoms. The molecule has 3 aromatic rings. The van der Waals surface area contributed by atoms with Crippen LogP contribution in [-0.4, -0.2) is 65.8 Å². The Morgan fingerprint density at radius 1 is 1.20 bits per heavy atom. The molecule has 1 spiro atoms. The van der Waals surface area contributed by atoms with Gasteiger partial charge in [-0.05, 0) is 42.5 Å². The van der Waals surface area contributed by atoms with Crippen molar-refractivity contribution in [3.8, 4) is 5.75 Å². The summed E-state index contributed by atoms with van der Waals surface area (Å²) >= 11 is 0. The molecule has 2 aliphatic heterocycles. The van der Waals surface area contributed by atoms with E-state index in [9.17, 15) is 9.90 Å². The van der Waals surface area contributed by atoms with Crippen molar-refractivity contribution in [2.24, 2.45) is 0 Å². The van der Waals surface area contributed by atoms with Crippen LogP contribution in [0.3, 0.4) is 0 Å². The van der Waals surface area contributed by atoms with Crippen LogP contribution in [0.15, 0.2) is 48.5 Å². The number of aliphatic hydroxyl groups is 1. The van der Waals surface area contributed by atoms with E-state index in [1.54, 1.807) is 7.11 Å². The lowest BCUT2D eigenvalue weighted by atomic mass is 9.68. The summed E-state index contributed by atoms with van der Waals surface area (Å²) < 4.78 is 5.49. The number of nitrogens with one attached hydrogen (secondary N) is 2. The molecule has 7 nitrogen and oxygen atoms in total. The third-order valence-electron chi connectivity index (χ3n) is 7.78. The van der Waals surface area contributed by atoms with Gasteiger partial charge in [-0.2, -0.15) is 0 Å². The second-order valence-electron chi connectivity index (χ2n) is 9.91. The minimum Gasteiger partial charge on any atom is -0.497 e. The molecule has 1 fully saturated rings. The van der Waals surface area contributed by atoms with E-state index in [4.69, 9.17) is 4.74 Å². The number of nitrogens with zero attached hydrogens (tertiary/aromatic N) is 2. The van der Waals surface area contributed by atoms with Crippen molar-refractivity contribution >= 4 is 16.9 Å². The summed E-state index contributed by atoms with van der Waals surface area (Å²) in [7, 11) is 1.68. The van der Waals surface area contributed by atoms with Crippen LogP contribution in [0.5, 0.6) is 5.75 Å². The smallest absolute Gasteiger partial charge is 0.317 e. The monoisotopic (exact) mass is 476 g/mol. The molecule has 0 saturated carbocycles. The summed E-state index contributed by atoms with van der Waals surface area (Å²) in [5, 5.41) is 14.8. The number of ether oxygens (including phenoxy) is 1. The molecule has 3 heterocycles. The third kappa shape index (κ3) is 4.39. The van der Waals surface area contributed by atoms with E-state index in [-0.39, 0.29) is 24.1 Å². The van der Waals surface area contributed by atoms with Crippen molar-refractivity contribution in [1.82, 2.24) is 20.1 Å². The maximum Gasteiger partial charge on any atom is 0.317 e. The molecule has 0 unspecified atom stereocenters. The van der Waals surface area contributed by atoms with Gasteiger partial charge in [0.1, 0.15) is 5.75 Å². The van der Waals surface area contributed by atoms with Crippen LogP contribution in [0.25, 0.3) is 10.9 Å². The fourth-order valence-electron chi connectivity index (χ4n) is 5.99. The van der Waals surface area contributed by atoms with Crippen LogP contribution in [0.4, 0.5) is 4.79 Å². The van der Waals surface area contributed by atoms with Crippen LogP contribution in [0, 0.1) is 0 Å². The second-order valence-corrected chi connectivity index (χ2v) is 9.91. The van der Waals surface area contributed by atoms with Gasteiger partial charge in [-0.15, -0.1) is 0 Å². The number of carbonyl (C=O) groups excluding carboxylic acids is 1. The molecule has 3 N–H and O–H groups in total. The molecule has 0 aliphatic carbocycles.